The molecule has 2 heterocycles. The molecule has 0 spiro atoms. The highest BCUT2D eigenvalue weighted by Gasteiger charge is 2.27. The summed E-state index contributed by atoms with van der Waals surface area (Å²) in [5.74, 6) is -3.08. The number of carbonyl (C=O) groups excluding carboxylic acids is 4. The molecule has 6 rings (SSSR count). The van der Waals surface area contributed by atoms with Crippen molar-refractivity contribution >= 4 is 68.9 Å². The maximum absolute atomic E-state index is 13.3. The van der Waals surface area contributed by atoms with Crippen molar-refractivity contribution in [3.05, 3.63) is 141 Å². The molecule has 0 aliphatic carbocycles. The highest BCUT2D eigenvalue weighted by molar-refractivity contribution is 6.31. The molecule has 2 atom stereocenters. The quantitative estimate of drug-likeness (QED) is 0.134. The van der Waals surface area contributed by atoms with Gasteiger partial charge in [0.2, 0.25) is 0 Å². The lowest BCUT2D eigenvalue weighted by atomic mass is 9.98. The number of ether oxygens (including phenoxy) is 2. The van der Waals surface area contributed by atoms with E-state index in [-0.39, 0.29) is 24.7 Å². The molecule has 2 N–H and O–H groups in total. The molecule has 0 saturated carbocycles. The van der Waals surface area contributed by atoms with Crippen molar-refractivity contribution in [1.29, 1.82) is 0 Å². The molecule has 0 bridgehead atoms. The third-order valence-corrected chi connectivity index (χ3v) is 8.23. The van der Waals surface area contributed by atoms with Crippen LogP contribution in [0.25, 0.3) is 21.9 Å². The van der Waals surface area contributed by atoms with E-state index in [9.17, 15) is 19.2 Å². The SMILES string of the molecule is COC(=O)C(CNC(=O)c1cc2cc(Cl)ccc2o1)c1ccc(COC(=O)[C@H](NC(=O)c2cc3cc(Cl)ccc3o2)c2ccccc2)cc1. The fourth-order valence-corrected chi connectivity index (χ4v) is 5.58. The van der Waals surface area contributed by atoms with E-state index in [1.165, 1.54) is 7.11 Å². The number of rotatable bonds is 11. The van der Waals surface area contributed by atoms with Gasteiger partial charge < -0.3 is 28.9 Å². The summed E-state index contributed by atoms with van der Waals surface area (Å²) in [4.78, 5) is 52.0. The molecule has 0 aliphatic heterocycles. The number of furan rings is 2. The van der Waals surface area contributed by atoms with Gasteiger partial charge in [-0.3, -0.25) is 14.4 Å². The number of carbonyl (C=O) groups is 4. The van der Waals surface area contributed by atoms with Gasteiger partial charge in [-0.25, -0.2) is 4.79 Å². The van der Waals surface area contributed by atoms with Gasteiger partial charge in [-0.15, -0.1) is 0 Å². The standard InChI is InChI=1S/C37H28Cl2N2O8/c1-46-36(44)28(19-40-34(42)31-17-24-15-26(38)11-13-29(24)48-31)22-9-7-21(8-10-22)20-47-37(45)33(23-5-3-2-4-6-23)41-35(43)32-18-25-16-27(39)12-14-30(25)49-32/h2-18,28,33H,19-20H2,1H3,(H,40,42)(H,41,43)/t28?,33-/m1/s1. The zero-order valence-electron chi connectivity index (χ0n) is 25.9. The number of methoxy groups -OCH3 is 1. The Labute approximate surface area is 289 Å². The van der Waals surface area contributed by atoms with Crippen molar-refractivity contribution in [3.8, 4) is 0 Å². The van der Waals surface area contributed by atoms with Crippen LogP contribution in [-0.2, 0) is 25.7 Å². The Hall–Kier alpha value is -5.58. The summed E-state index contributed by atoms with van der Waals surface area (Å²) in [6.45, 7) is -0.175. The van der Waals surface area contributed by atoms with Crippen molar-refractivity contribution in [2.75, 3.05) is 13.7 Å². The van der Waals surface area contributed by atoms with Crippen LogP contribution in [-0.4, -0.2) is 37.4 Å². The third kappa shape index (κ3) is 7.77. The molecule has 1 unspecified atom stereocenters. The van der Waals surface area contributed by atoms with E-state index >= 15 is 0 Å². The maximum Gasteiger partial charge on any atom is 0.333 e. The van der Waals surface area contributed by atoms with Gasteiger partial charge >= 0.3 is 11.9 Å². The molecule has 12 heteroatoms. The minimum atomic E-state index is -1.12. The molecule has 10 nitrogen and oxygen atoms in total. The second kappa shape index (κ2) is 14.7. The molecule has 2 aromatic heterocycles. The zero-order valence-corrected chi connectivity index (χ0v) is 27.4. The monoisotopic (exact) mass is 698 g/mol. The van der Waals surface area contributed by atoms with Crippen molar-refractivity contribution < 1.29 is 37.5 Å². The van der Waals surface area contributed by atoms with Crippen molar-refractivity contribution in [3.63, 3.8) is 0 Å². The predicted octanol–water partition coefficient (Wildman–Crippen LogP) is 7.39. The van der Waals surface area contributed by atoms with Crippen LogP contribution in [0.5, 0.6) is 0 Å². The second-order valence-electron chi connectivity index (χ2n) is 11.0. The van der Waals surface area contributed by atoms with Crippen LogP contribution < -0.4 is 10.6 Å². The molecule has 0 saturated heterocycles. The second-order valence-corrected chi connectivity index (χ2v) is 11.9. The van der Waals surface area contributed by atoms with Crippen molar-refractivity contribution in [2.45, 2.75) is 18.6 Å². The smallest absolute Gasteiger partial charge is 0.333 e. The molecule has 4 aromatic carbocycles. The van der Waals surface area contributed by atoms with Gasteiger partial charge in [0.25, 0.3) is 11.8 Å². The Morgan fingerprint density at radius 1 is 0.694 bits per heavy atom. The Kier molecular flexibility index (Phi) is 9.98. The fourth-order valence-electron chi connectivity index (χ4n) is 5.22. The zero-order chi connectivity index (χ0) is 34.5. The topological polar surface area (TPSA) is 137 Å². The highest BCUT2D eigenvalue weighted by Crippen LogP contribution is 2.26. The largest absolute Gasteiger partial charge is 0.468 e. The number of amides is 2. The van der Waals surface area contributed by atoms with Crippen LogP contribution in [0.1, 0.15) is 49.8 Å². The lowest BCUT2D eigenvalue weighted by molar-refractivity contribution is -0.147. The van der Waals surface area contributed by atoms with E-state index in [0.29, 0.717) is 48.7 Å². The fraction of sp³-hybridized carbons (Fsp3) is 0.135. The van der Waals surface area contributed by atoms with Crippen LogP contribution in [0.2, 0.25) is 10.0 Å². The lowest BCUT2D eigenvalue weighted by Gasteiger charge is -2.18. The maximum atomic E-state index is 13.3. The van der Waals surface area contributed by atoms with E-state index in [4.69, 9.17) is 41.5 Å². The molecule has 0 radical (unpaired) electrons. The number of halogens is 2. The Bertz CT molecular complexity index is 2160. The summed E-state index contributed by atoms with van der Waals surface area (Å²) in [6.07, 6.45) is 0. The molecular formula is C37H28Cl2N2O8. The number of esters is 2. The van der Waals surface area contributed by atoms with Gasteiger partial charge in [0.05, 0.1) is 13.0 Å². The highest BCUT2D eigenvalue weighted by atomic mass is 35.5. The van der Waals surface area contributed by atoms with E-state index in [0.717, 1.165) is 0 Å². The Balaban J connectivity index is 1.10. The van der Waals surface area contributed by atoms with Crippen LogP contribution >= 0.6 is 23.2 Å². The number of hydrogen-bond acceptors (Lipinski definition) is 8. The first kappa shape index (κ1) is 33.3. The molecule has 248 valence electrons. The summed E-state index contributed by atoms with van der Waals surface area (Å²) >= 11 is 12.1. The van der Waals surface area contributed by atoms with Crippen molar-refractivity contribution in [1.82, 2.24) is 10.6 Å². The first-order valence-corrected chi connectivity index (χ1v) is 15.8. The third-order valence-electron chi connectivity index (χ3n) is 7.76. The normalized spacial score (nSPS) is 12.3. The van der Waals surface area contributed by atoms with Crippen LogP contribution in [0.4, 0.5) is 0 Å². The summed E-state index contributed by atoms with van der Waals surface area (Å²) in [5.41, 5.74) is 2.69. The summed E-state index contributed by atoms with van der Waals surface area (Å²) in [5, 5.41) is 7.77. The Morgan fingerprint density at radius 2 is 1.29 bits per heavy atom. The molecule has 0 fully saturated rings. The number of hydrogen-bond donors (Lipinski definition) is 2. The molecule has 0 aliphatic rings. The van der Waals surface area contributed by atoms with E-state index in [1.54, 1.807) is 103 Å². The van der Waals surface area contributed by atoms with E-state index < -0.39 is 35.7 Å². The first-order valence-electron chi connectivity index (χ1n) is 15.0. The van der Waals surface area contributed by atoms with Gasteiger partial charge in [-0.2, -0.15) is 0 Å². The van der Waals surface area contributed by atoms with Crippen LogP contribution in [0.15, 0.2) is 112 Å². The van der Waals surface area contributed by atoms with E-state index in [2.05, 4.69) is 10.6 Å². The van der Waals surface area contributed by atoms with Gasteiger partial charge in [0, 0.05) is 27.4 Å². The lowest BCUT2D eigenvalue weighted by Crippen LogP contribution is -2.34. The average molecular weight is 700 g/mol. The molecule has 6 aromatic rings. The number of fused-ring (bicyclic) bond motifs is 2. The van der Waals surface area contributed by atoms with Gasteiger partial charge in [0.15, 0.2) is 17.6 Å². The number of benzene rings is 4. The summed E-state index contributed by atoms with van der Waals surface area (Å²) < 4.78 is 21.9. The molecular weight excluding hydrogens is 671 g/mol. The van der Waals surface area contributed by atoms with Crippen molar-refractivity contribution in [2.24, 2.45) is 0 Å². The molecule has 2 amide bonds. The summed E-state index contributed by atoms with van der Waals surface area (Å²) in [6, 6.07) is 27.4. The average Bonchev–Trinajstić information content (AvgIpc) is 3.74. The number of nitrogens with one attached hydrogen (secondary N) is 2. The predicted molar refractivity (Wildman–Crippen MR) is 182 cm³/mol. The van der Waals surface area contributed by atoms with Crippen LogP contribution in [0, 0.1) is 0 Å². The minimum Gasteiger partial charge on any atom is -0.468 e. The van der Waals surface area contributed by atoms with Gasteiger partial charge in [-0.05, 0) is 65.2 Å². The summed E-state index contributed by atoms with van der Waals surface area (Å²) in [7, 11) is 1.26. The van der Waals surface area contributed by atoms with Gasteiger partial charge in [0.1, 0.15) is 17.8 Å². The first-order chi connectivity index (χ1) is 23.7. The van der Waals surface area contributed by atoms with E-state index in [1.807, 2.05) is 0 Å². The van der Waals surface area contributed by atoms with Crippen LogP contribution in [0.3, 0.4) is 0 Å². The van der Waals surface area contributed by atoms with Gasteiger partial charge in [-0.1, -0.05) is 77.8 Å². The minimum absolute atomic E-state index is 0.0143. The molecule has 49 heavy (non-hydrogen) atoms. The Morgan fingerprint density at radius 3 is 1.88 bits per heavy atom.